The van der Waals surface area contributed by atoms with E-state index in [4.69, 9.17) is 0 Å². The average molecular weight is 303 g/mol. The van der Waals surface area contributed by atoms with Gasteiger partial charge in [-0.15, -0.1) is 5.10 Å². The highest BCUT2D eigenvalue weighted by Crippen LogP contribution is 2.28. The summed E-state index contributed by atoms with van der Waals surface area (Å²) in [6, 6.07) is 8.25. The van der Waals surface area contributed by atoms with Gasteiger partial charge in [0.15, 0.2) is 0 Å². The van der Waals surface area contributed by atoms with Crippen LogP contribution in [0.5, 0.6) is 0 Å². The fourth-order valence-electron chi connectivity index (χ4n) is 2.41. The summed E-state index contributed by atoms with van der Waals surface area (Å²) < 4.78 is 1.73. The van der Waals surface area contributed by atoms with Crippen molar-refractivity contribution in [3.05, 3.63) is 29.8 Å². The number of benzene rings is 1. The lowest BCUT2D eigenvalue weighted by Gasteiger charge is -2.17. The molecule has 0 N–H and O–H groups in total. The average Bonchev–Trinajstić information content (AvgIpc) is 3.11. The lowest BCUT2D eigenvalue weighted by atomic mass is 10.2. The van der Waals surface area contributed by atoms with Crippen LogP contribution in [-0.4, -0.2) is 38.4 Å². The second kappa shape index (κ2) is 5.85. The maximum absolute atomic E-state index is 12.4. The summed E-state index contributed by atoms with van der Waals surface area (Å²) in [5.41, 5.74) is 2.27. The second-order valence-electron chi connectivity index (χ2n) is 5.21. The van der Waals surface area contributed by atoms with Crippen molar-refractivity contribution in [2.24, 2.45) is 0 Å². The molecular formula is C14H17N5OS. The first kappa shape index (κ1) is 14.1. The first-order chi connectivity index (χ1) is 10.2. The minimum Gasteiger partial charge on any atom is -0.311 e. The second-order valence-corrected chi connectivity index (χ2v) is 6.16. The van der Waals surface area contributed by atoms with Crippen LogP contribution in [-0.2, 0) is 11.2 Å². The monoisotopic (exact) mass is 303 g/mol. The first-order valence-electron chi connectivity index (χ1n) is 6.95. The lowest BCUT2D eigenvalue weighted by molar-refractivity contribution is -0.116. The molecule has 0 spiro atoms. The number of tetrazole rings is 1. The molecule has 0 fully saturated rings. The molecule has 1 aliphatic rings. The van der Waals surface area contributed by atoms with Crippen molar-refractivity contribution in [2.45, 2.75) is 31.5 Å². The number of amides is 1. The van der Waals surface area contributed by atoms with Gasteiger partial charge in [-0.3, -0.25) is 4.79 Å². The Labute approximate surface area is 127 Å². The van der Waals surface area contributed by atoms with Crippen LogP contribution in [0.3, 0.4) is 0 Å². The molecule has 6 nitrogen and oxygen atoms in total. The number of fused-ring (bicyclic) bond motifs is 1. The van der Waals surface area contributed by atoms with Gasteiger partial charge < -0.3 is 4.90 Å². The van der Waals surface area contributed by atoms with Crippen molar-refractivity contribution in [3.63, 3.8) is 0 Å². The Balaban J connectivity index is 1.67. The van der Waals surface area contributed by atoms with Gasteiger partial charge in [0.05, 0.1) is 11.8 Å². The highest BCUT2D eigenvalue weighted by molar-refractivity contribution is 7.99. The van der Waals surface area contributed by atoms with Crippen LogP contribution in [0.15, 0.2) is 29.4 Å². The van der Waals surface area contributed by atoms with Crippen LogP contribution in [0, 0.1) is 0 Å². The van der Waals surface area contributed by atoms with Crippen molar-refractivity contribution >= 4 is 23.4 Å². The molecule has 0 bridgehead atoms. The van der Waals surface area contributed by atoms with Crippen LogP contribution in [0.2, 0.25) is 0 Å². The summed E-state index contributed by atoms with van der Waals surface area (Å²) in [7, 11) is 0. The summed E-state index contributed by atoms with van der Waals surface area (Å²) in [5, 5.41) is 12.3. The Kier molecular flexibility index (Phi) is 3.92. The Hall–Kier alpha value is -1.89. The molecule has 1 aliphatic heterocycles. The number of hydrogen-bond donors (Lipinski definition) is 0. The topological polar surface area (TPSA) is 63.9 Å². The Morgan fingerprint density at radius 1 is 1.38 bits per heavy atom. The smallest absolute Gasteiger partial charge is 0.237 e. The van der Waals surface area contributed by atoms with E-state index in [1.807, 2.05) is 36.9 Å². The third-order valence-corrected chi connectivity index (χ3v) is 4.38. The van der Waals surface area contributed by atoms with Gasteiger partial charge in [0, 0.05) is 12.2 Å². The van der Waals surface area contributed by atoms with Crippen molar-refractivity contribution in [3.8, 4) is 0 Å². The highest BCUT2D eigenvalue weighted by Gasteiger charge is 2.24. The molecule has 21 heavy (non-hydrogen) atoms. The molecule has 0 saturated heterocycles. The Bertz CT molecular complexity index is 654. The maximum Gasteiger partial charge on any atom is 0.237 e. The molecule has 0 radical (unpaired) electrons. The Morgan fingerprint density at radius 2 is 2.19 bits per heavy atom. The minimum atomic E-state index is 0.100. The lowest BCUT2D eigenvalue weighted by Crippen LogP contribution is -2.30. The molecule has 1 aromatic carbocycles. The van der Waals surface area contributed by atoms with Gasteiger partial charge in [0.1, 0.15) is 0 Å². The summed E-state index contributed by atoms with van der Waals surface area (Å²) in [4.78, 5) is 14.3. The number of nitrogens with zero attached hydrogens (tertiary/aromatic N) is 5. The largest absolute Gasteiger partial charge is 0.311 e. The zero-order valence-electron chi connectivity index (χ0n) is 12.1. The SMILES string of the molecule is CC(C)n1nnnc1SCC(=O)N1CCc2ccccc21. The van der Waals surface area contributed by atoms with E-state index in [-0.39, 0.29) is 11.9 Å². The van der Waals surface area contributed by atoms with E-state index in [1.165, 1.54) is 17.3 Å². The van der Waals surface area contributed by atoms with Gasteiger partial charge in [-0.25, -0.2) is 4.68 Å². The predicted octanol–water partition coefficient (Wildman–Crippen LogP) is 1.94. The number of aromatic nitrogens is 4. The molecule has 1 aromatic heterocycles. The fraction of sp³-hybridized carbons (Fsp3) is 0.429. The third kappa shape index (κ3) is 2.78. The molecule has 0 unspecified atom stereocenters. The van der Waals surface area contributed by atoms with E-state index in [9.17, 15) is 4.79 Å². The molecule has 0 atom stereocenters. The zero-order chi connectivity index (χ0) is 14.8. The molecule has 0 aliphatic carbocycles. The third-order valence-electron chi connectivity index (χ3n) is 3.46. The van der Waals surface area contributed by atoms with Crippen LogP contribution in [0.1, 0.15) is 25.5 Å². The van der Waals surface area contributed by atoms with Gasteiger partial charge in [-0.05, 0) is 42.3 Å². The van der Waals surface area contributed by atoms with Crippen LogP contribution >= 0.6 is 11.8 Å². The quantitative estimate of drug-likeness (QED) is 0.808. The molecule has 7 heteroatoms. The van der Waals surface area contributed by atoms with Crippen LogP contribution in [0.25, 0.3) is 0 Å². The van der Waals surface area contributed by atoms with E-state index >= 15 is 0 Å². The summed E-state index contributed by atoms with van der Waals surface area (Å²) in [6.45, 7) is 4.78. The Morgan fingerprint density at radius 3 is 3.00 bits per heavy atom. The van der Waals surface area contributed by atoms with Crippen LogP contribution < -0.4 is 4.90 Å². The van der Waals surface area contributed by atoms with Gasteiger partial charge in [0.25, 0.3) is 0 Å². The van der Waals surface area contributed by atoms with E-state index in [0.717, 1.165) is 18.7 Å². The van der Waals surface area contributed by atoms with E-state index in [2.05, 4.69) is 21.6 Å². The van der Waals surface area contributed by atoms with Crippen molar-refractivity contribution in [2.75, 3.05) is 17.2 Å². The maximum atomic E-state index is 12.4. The fourth-order valence-corrected chi connectivity index (χ4v) is 3.29. The number of carbonyl (C=O) groups is 1. The molecule has 2 aromatic rings. The summed E-state index contributed by atoms with van der Waals surface area (Å²) >= 11 is 1.39. The number of anilines is 1. The minimum absolute atomic E-state index is 0.100. The van der Waals surface area contributed by atoms with Gasteiger partial charge in [0.2, 0.25) is 11.1 Å². The zero-order valence-corrected chi connectivity index (χ0v) is 12.9. The number of carbonyl (C=O) groups excluding carboxylic acids is 1. The van der Waals surface area contributed by atoms with Crippen molar-refractivity contribution in [1.29, 1.82) is 0 Å². The van der Waals surface area contributed by atoms with E-state index < -0.39 is 0 Å². The summed E-state index contributed by atoms with van der Waals surface area (Å²) in [5.74, 6) is 0.449. The predicted molar refractivity (Wildman–Crippen MR) is 81.4 cm³/mol. The molecule has 3 rings (SSSR count). The first-order valence-corrected chi connectivity index (χ1v) is 7.94. The van der Waals surface area contributed by atoms with Crippen molar-refractivity contribution in [1.82, 2.24) is 20.2 Å². The van der Waals surface area contributed by atoms with E-state index in [0.29, 0.717) is 10.9 Å². The number of para-hydroxylation sites is 1. The van der Waals surface area contributed by atoms with Gasteiger partial charge >= 0.3 is 0 Å². The number of rotatable bonds is 4. The molecule has 0 saturated carbocycles. The normalized spacial score (nSPS) is 13.8. The van der Waals surface area contributed by atoms with Crippen LogP contribution in [0.4, 0.5) is 5.69 Å². The molecule has 2 heterocycles. The van der Waals surface area contributed by atoms with Gasteiger partial charge in [-0.1, -0.05) is 30.0 Å². The molecule has 1 amide bonds. The van der Waals surface area contributed by atoms with E-state index in [1.54, 1.807) is 4.68 Å². The highest BCUT2D eigenvalue weighted by atomic mass is 32.2. The standard InChI is InChI=1S/C14H17N5OS/c1-10(2)19-14(15-16-17-19)21-9-13(20)18-8-7-11-5-3-4-6-12(11)18/h3-6,10H,7-9H2,1-2H3. The molecule has 110 valence electrons. The number of hydrogen-bond acceptors (Lipinski definition) is 5. The summed E-state index contributed by atoms with van der Waals surface area (Å²) in [6.07, 6.45) is 0.927. The molecular weight excluding hydrogens is 286 g/mol. The van der Waals surface area contributed by atoms with Gasteiger partial charge in [-0.2, -0.15) is 0 Å². The number of thioether (sulfide) groups is 1. The van der Waals surface area contributed by atoms with Crippen molar-refractivity contribution < 1.29 is 4.79 Å².